The third-order valence-electron chi connectivity index (χ3n) is 1.01. The molecule has 0 atom stereocenters. The van der Waals surface area contributed by atoms with Crippen molar-refractivity contribution >= 4 is 23.2 Å². The fourth-order valence-corrected chi connectivity index (χ4v) is 0.869. The zero-order chi connectivity index (χ0) is 7.56. The summed E-state index contributed by atoms with van der Waals surface area (Å²) in [5, 5.41) is 0.0122. The Morgan fingerprint density at radius 2 is 2.30 bits per heavy atom. The van der Waals surface area contributed by atoms with Crippen molar-refractivity contribution < 1.29 is 4.39 Å². The molecule has 0 saturated carbocycles. The van der Waals surface area contributed by atoms with Gasteiger partial charge in [-0.1, -0.05) is 11.6 Å². The summed E-state index contributed by atoms with van der Waals surface area (Å²) in [6.45, 7) is 0. The van der Waals surface area contributed by atoms with E-state index in [-0.39, 0.29) is 5.02 Å². The van der Waals surface area contributed by atoms with E-state index in [2.05, 4.69) is 4.98 Å². The molecular weight excluding hydrogens is 176 g/mol. The van der Waals surface area contributed by atoms with Crippen molar-refractivity contribution in [1.82, 2.24) is 4.98 Å². The summed E-state index contributed by atoms with van der Waals surface area (Å²) in [4.78, 5) is 3.37. The Morgan fingerprint density at radius 1 is 1.60 bits per heavy atom. The van der Waals surface area contributed by atoms with Crippen molar-refractivity contribution in [3.05, 3.63) is 28.8 Å². The lowest BCUT2D eigenvalue weighted by Gasteiger charge is -1.94. The van der Waals surface area contributed by atoms with Crippen LogP contribution in [0.5, 0.6) is 0 Å². The number of hydrogen-bond donors (Lipinski definition) is 0. The van der Waals surface area contributed by atoms with Crippen LogP contribution in [-0.2, 0) is 5.88 Å². The van der Waals surface area contributed by atoms with Gasteiger partial charge in [-0.05, 0) is 11.6 Å². The summed E-state index contributed by atoms with van der Waals surface area (Å²) in [7, 11) is 0. The van der Waals surface area contributed by atoms with Gasteiger partial charge in [0, 0.05) is 12.1 Å². The molecule has 4 heteroatoms. The molecule has 0 radical (unpaired) electrons. The predicted molar refractivity (Wildman–Crippen MR) is 38.8 cm³/mol. The highest BCUT2D eigenvalue weighted by Gasteiger charge is 1.99. The van der Waals surface area contributed by atoms with Gasteiger partial charge >= 0.3 is 0 Å². The van der Waals surface area contributed by atoms with Crippen LogP contribution < -0.4 is 0 Å². The SMILES string of the molecule is Fc1ncc(CCl)cc1Cl. The molecule has 0 aliphatic carbocycles. The van der Waals surface area contributed by atoms with Crippen molar-refractivity contribution in [2.75, 3.05) is 0 Å². The second-order valence-electron chi connectivity index (χ2n) is 1.75. The summed E-state index contributed by atoms with van der Waals surface area (Å²) in [6.07, 6.45) is 1.36. The summed E-state index contributed by atoms with van der Waals surface area (Å²) in [6, 6.07) is 1.46. The Hall–Kier alpha value is -0.340. The number of hydrogen-bond acceptors (Lipinski definition) is 1. The molecule has 1 nitrogen and oxygen atoms in total. The number of halogens is 3. The lowest BCUT2D eigenvalue weighted by molar-refractivity contribution is 0.583. The summed E-state index contributed by atoms with van der Waals surface area (Å²) < 4.78 is 12.3. The lowest BCUT2D eigenvalue weighted by atomic mass is 10.3. The Balaban J connectivity index is 3.04. The first-order valence-corrected chi connectivity index (χ1v) is 3.51. The predicted octanol–water partition coefficient (Wildman–Crippen LogP) is 2.61. The normalized spacial score (nSPS) is 9.90. The van der Waals surface area contributed by atoms with Gasteiger partial charge in [0.05, 0.1) is 5.02 Å². The third kappa shape index (κ3) is 1.58. The summed E-state index contributed by atoms with van der Waals surface area (Å²) in [5.74, 6) is -0.358. The smallest absolute Gasteiger partial charge is 0.227 e. The Kier molecular flexibility index (Phi) is 2.46. The van der Waals surface area contributed by atoms with E-state index < -0.39 is 5.95 Å². The van der Waals surface area contributed by atoms with Crippen LogP contribution in [0.4, 0.5) is 4.39 Å². The fourth-order valence-electron chi connectivity index (χ4n) is 0.534. The maximum Gasteiger partial charge on any atom is 0.231 e. The van der Waals surface area contributed by atoms with E-state index in [9.17, 15) is 4.39 Å². The number of aromatic nitrogens is 1. The molecular formula is C6H4Cl2FN. The van der Waals surface area contributed by atoms with Crippen LogP contribution in [0.1, 0.15) is 5.56 Å². The van der Waals surface area contributed by atoms with Gasteiger partial charge in [0.25, 0.3) is 0 Å². The number of rotatable bonds is 1. The molecule has 0 bridgehead atoms. The third-order valence-corrected chi connectivity index (χ3v) is 1.58. The quantitative estimate of drug-likeness (QED) is 0.478. The molecule has 0 fully saturated rings. The summed E-state index contributed by atoms with van der Waals surface area (Å²) in [5.41, 5.74) is 0.716. The van der Waals surface area contributed by atoms with Crippen LogP contribution in [0.3, 0.4) is 0 Å². The fraction of sp³-hybridized carbons (Fsp3) is 0.167. The minimum atomic E-state index is -0.657. The van der Waals surface area contributed by atoms with Crippen molar-refractivity contribution in [3.8, 4) is 0 Å². The Bertz CT molecular complexity index is 239. The highest BCUT2D eigenvalue weighted by molar-refractivity contribution is 6.30. The second kappa shape index (κ2) is 3.17. The van der Waals surface area contributed by atoms with Crippen LogP contribution >= 0.6 is 23.2 Å². The first-order valence-electron chi connectivity index (χ1n) is 2.60. The monoisotopic (exact) mass is 179 g/mol. The van der Waals surface area contributed by atoms with Crippen LogP contribution in [0.2, 0.25) is 5.02 Å². The zero-order valence-corrected chi connectivity index (χ0v) is 6.45. The molecule has 0 aliphatic rings. The van der Waals surface area contributed by atoms with E-state index in [1.165, 1.54) is 12.3 Å². The van der Waals surface area contributed by atoms with Crippen LogP contribution in [0.25, 0.3) is 0 Å². The van der Waals surface area contributed by atoms with Gasteiger partial charge in [-0.25, -0.2) is 4.98 Å². The highest BCUT2D eigenvalue weighted by atomic mass is 35.5. The number of pyridine rings is 1. The first-order chi connectivity index (χ1) is 4.74. The molecule has 1 rings (SSSR count). The first kappa shape index (κ1) is 7.76. The second-order valence-corrected chi connectivity index (χ2v) is 2.42. The van der Waals surface area contributed by atoms with E-state index in [1.807, 2.05) is 0 Å². The largest absolute Gasteiger partial charge is 0.231 e. The van der Waals surface area contributed by atoms with Crippen LogP contribution in [-0.4, -0.2) is 4.98 Å². The lowest BCUT2D eigenvalue weighted by Crippen LogP contribution is -1.86. The molecule has 0 saturated heterocycles. The standard InChI is InChI=1S/C6H4Cl2FN/c7-2-4-1-5(8)6(9)10-3-4/h1,3H,2H2. The van der Waals surface area contributed by atoms with Gasteiger partial charge in [0.2, 0.25) is 5.95 Å². The van der Waals surface area contributed by atoms with E-state index in [0.29, 0.717) is 11.4 Å². The summed E-state index contributed by atoms with van der Waals surface area (Å²) >= 11 is 10.8. The maximum atomic E-state index is 12.3. The van der Waals surface area contributed by atoms with Crippen LogP contribution in [0, 0.1) is 5.95 Å². The minimum absolute atomic E-state index is 0.0122. The molecule has 0 aromatic carbocycles. The van der Waals surface area contributed by atoms with Gasteiger partial charge in [-0.3, -0.25) is 0 Å². The molecule has 1 heterocycles. The number of nitrogens with zero attached hydrogens (tertiary/aromatic N) is 1. The molecule has 0 unspecified atom stereocenters. The highest BCUT2D eigenvalue weighted by Crippen LogP contribution is 2.14. The molecule has 1 aromatic heterocycles. The average Bonchev–Trinajstić information content (AvgIpc) is 1.95. The van der Waals surface area contributed by atoms with Crippen molar-refractivity contribution in [1.29, 1.82) is 0 Å². The number of alkyl halides is 1. The van der Waals surface area contributed by atoms with Gasteiger partial charge in [-0.2, -0.15) is 4.39 Å². The Morgan fingerprint density at radius 3 is 2.80 bits per heavy atom. The van der Waals surface area contributed by atoms with Gasteiger partial charge < -0.3 is 0 Å². The van der Waals surface area contributed by atoms with Gasteiger partial charge in [-0.15, -0.1) is 11.6 Å². The molecule has 0 N–H and O–H groups in total. The van der Waals surface area contributed by atoms with Crippen molar-refractivity contribution in [2.45, 2.75) is 5.88 Å². The molecule has 0 amide bonds. The zero-order valence-electron chi connectivity index (χ0n) is 4.94. The minimum Gasteiger partial charge on any atom is -0.227 e. The van der Waals surface area contributed by atoms with E-state index in [4.69, 9.17) is 23.2 Å². The van der Waals surface area contributed by atoms with Crippen molar-refractivity contribution in [3.63, 3.8) is 0 Å². The maximum absolute atomic E-state index is 12.3. The van der Waals surface area contributed by atoms with Gasteiger partial charge in [0.15, 0.2) is 0 Å². The van der Waals surface area contributed by atoms with E-state index in [1.54, 1.807) is 0 Å². The topological polar surface area (TPSA) is 12.9 Å². The van der Waals surface area contributed by atoms with Crippen molar-refractivity contribution in [2.24, 2.45) is 0 Å². The van der Waals surface area contributed by atoms with Crippen LogP contribution in [0.15, 0.2) is 12.3 Å². The molecule has 54 valence electrons. The van der Waals surface area contributed by atoms with Gasteiger partial charge in [0.1, 0.15) is 0 Å². The molecule has 0 aliphatic heterocycles. The Labute approximate surface area is 67.8 Å². The molecule has 0 spiro atoms. The van der Waals surface area contributed by atoms with E-state index in [0.717, 1.165) is 0 Å². The van der Waals surface area contributed by atoms with E-state index >= 15 is 0 Å². The molecule has 10 heavy (non-hydrogen) atoms. The molecule has 1 aromatic rings. The average molecular weight is 180 g/mol.